The summed E-state index contributed by atoms with van der Waals surface area (Å²) in [6.45, 7) is 4.06. The maximum absolute atomic E-state index is 12.8. The Morgan fingerprint density at radius 3 is 2.51 bits per heavy atom. The average molecular weight is 537 g/mol. The highest BCUT2D eigenvalue weighted by Gasteiger charge is 2.34. The average Bonchev–Trinajstić information content (AvgIpc) is 3.12. The van der Waals surface area contributed by atoms with Crippen molar-refractivity contribution in [3.8, 4) is 11.5 Å². The Morgan fingerprint density at radius 1 is 1.00 bits per heavy atom. The van der Waals surface area contributed by atoms with Gasteiger partial charge in [0.15, 0.2) is 6.61 Å². The van der Waals surface area contributed by atoms with Gasteiger partial charge in [-0.2, -0.15) is 0 Å². The number of thioether (sulfide) groups is 1. The minimum Gasteiger partial charge on any atom is -0.492 e. The summed E-state index contributed by atoms with van der Waals surface area (Å²) in [6.07, 6.45) is 1.60. The Kier molecular flexibility index (Phi) is 8.53. The third kappa shape index (κ3) is 7.15. The first kappa shape index (κ1) is 26.3. The van der Waals surface area contributed by atoms with E-state index in [0.717, 1.165) is 27.8 Å². The Morgan fingerprint density at radius 2 is 1.78 bits per heavy atom. The van der Waals surface area contributed by atoms with Crippen molar-refractivity contribution in [2.75, 3.05) is 25.1 Å². The number of carbonyl (C=O) groups is 3. The highest BCUT2D eigenvalue weighted by Crippen LogP contribution is 2.33. The van der Waals surface area contributed by atoms with Gasteiger partial charge in [0, 0.05) is 5.69 Å². The van der Waals surface area contributed by atoms with Crippen LogP contribution < -0.4 is 14.8 Å². The standard InChI is InChI=1S/C28H25ClN2O5S/c1-18-6-9-22(10-7-18)35-13-12-31-27(33)25(37-28(31)34)16-20-8-11-24(23(29)15-20)36-17-26(32)30-21-5-3-4-19(2)14-21/h3-11,14-16H,12-13,17H2,1-2H3,(H,30,32)/b25-16-. The molecule has 3 aromatic rings. The molecular weight excluding hydrogens is 512 g/mol. The Hall–Kier alpha value is -3.75. The van der Waals surface area contributed by atoms with Crippen molar-refractivity contribution in [2.45, 2.75) is 13.8 Å². The van der Waals surface area contributed by atoms with Crippen LogP contribution in [0.4, 0.5) is 10.5 Å². The molecule has 0 aliphatic carbocycles. The van der Waals surface area contributed by atoms with Gasteiger partial charge in [0.2, 0.25) is 0 Å². The van der Waals surface area contributed by atoms with Crippen LogP contribution >= 0.6 is 23.4 Å². The van der Waals surface area contributed by atoms with Crippen LogP contribution in [0.2, 0.25) is 5.02 Å². The number of rotatable bonds is 9. The summed E-state index contributed by atoms with van der Waals surface area (Å²) in [6, 6.07) is 19.9. The Balaban J connectivity index is 1.31. The fourth-order valence-corrected chi connectivity index (χ4v) is 4.63. The fourth-order valence-electron chi connectivity index (χ4n) is 3.52. The van der Waals surface area contributed by atoms with Crippen molar-refractivity contribution in [3.05, 3.63) is 93.3 Å². The third-order valence-electron chi connectivity index (χ3n) is 5.39. The maximum Gasteiger partial charge on any atom is 0.293 e. The lowest BCUT2D eigenvalue weighted by atomic mass is 10.2. The second-order valence-corrected chi connectivity index (χ2v) is 9.79. The van der Waals surface area contributed by atoms with Crippen molar-refractivity contribution in [3.63, 3.8) is 0 Å². The van der Waals surface area contributed by atoms with Gasteiger partial charge in [0.05, 0.1) is 16.5 Å². The normalized spacial score (nSPS) is 14.2. The first-order chi connectivity index (χ1) is 17.8. The highest BCUT2D eigenvalue weighted by molar-refractivity contribution is 8.18. The number of anilines is 1. The van der Waals surface area contributed by atoms with Gasteiger partial charge in [-0.05, 0) is 79.2 Å². The fraction of sp³-hybridized carbons (Fsp3) is 0.179. The smallest absolute Gasteiger partial charge is 0.293 e. The molecular formula is C28H25ClN2O5S. The van der Waals surface area contributed by atoms with Gasteiger partial charge in [-0.1, -0.05) is 47.5 Å². The second-order valence-electron chi connectivity index (χ2n) is 8.39. The van der Waals surface area contributed by atoms with E-state index < -0.39 is 0 Å². The van der Waals surface area contributed by atoms with E-state index in [1.807, 2.05) is 56.3 Å². The van der Waals surface area contributed by atoms with Crippen molar-refractivity contribution in [2.24, 2.45) is 0 Å². The van der Waals surface area contributed by atoms with Crippen LogP contribution in [-0.4, -0.2) is 41.7 Å². The summed E-state index contributed by atoms with van der Waals surface area (Å²) in [5.41, 5.74) is 3.46. The molecule has 0 unspecified atom stereocenters. The molecule has 1 aliphatic rings. The Bertz CT molecular complexity index is 1360. The van der Waals surface area contributed by atoms with E-state index in [-0.39, 0.29) is 41.8 Å². The SMILES string of the molecule is Cc1ccc(OCCN2C(=O)S/C(=C\c3ccc(OCC(=O)Nc4cccc(C)c4)c(Cl)c3)C2=O)cc1. The van der Waals surface area contributed by atoms with Crippen LogP contribution in [-0.2, 0) is 9.59 Å². The van der Waals surface area contributed by atoms with E-state index >= 15 is 0 Å². The summed E-state index contributed by atoms with van der Waals surface area (Å²) >= 11 is 7.20. The van der Waals surface area contributed by atoms with Crippen molar-refractivity contribution >= 4 is 52.2 Å². The summed E-state index contributed by atoms with van der Waals surface area (Å²) < 4.78 is 11.2. The van der Waals surface area contributed by atoms with E-state index in [1.54, 1.807) is 30.3 Å². The molecule has 1 aliphatic heterocycles. The number of benzene rings is 3. The molecule has 7 nitrogen and oxygen atoms in total. The number of amides is 3. The molecule has 190 valence electrons. The zero-order chi connectivity index (χ0) is 26.4. The quantitative estimate of drug-likeness (QED) is 0.333. The number of aryl methyl sites for hydroxylation is 2. The molecule has 0 aromatic heterocycles. The largest absolute Gasteiger partial charge is 0.492 e. The lowest BCUT2D eigenvalue weighted by Gasteiger charge is -2.13. The number of carbonyl (C=O) groups excluding carboxylic acids is 3. The van der Waals surface area contributed by atoms with Crippen molar-refractivity contribution in [1.29, 1.82) is 0 Å². The second kappa shape index (κ2) is 12.0. The molecule has 3 amide bonds. The predicted molar refractivity (Wildman–Crippen MR) is 146 cm³/mol. The number of hydrogen-bond acceptors (Lipinski definition) is 6. The molecule has 4 rings (SSSR count). The van der Waals surface area contributed by atoms with Crippen molar-refractivity contribution < 1.29 is 23.9 Å². The predicted octanol–water partition coefficient (Wildman–Crippen LogP) is 6.09. The van der Waals surface area contributed by atoms with Crippen LogP contribution in [0.1, 0.15) is 16.7 Å². The first-order valence-electron chi connectivity index (χ1n) is 11.5. The number of halogens is 1. The number of nitrogens with zero attached hydrogens (tertiary/aromatic N) is 1. The van der Waals surface area contributed by atoms with Gasteiger partial charge < -0.3 is 14.8 Å². The molecule has 1 saturated heterocycles. The van der Waals surface area contributed by atoms with Crippen LogP contribution in [0.15, 0.2) is 71.6 Å². The van der Waals surface area contributed by atoms with Gasteiger partial charge in [-0.3, -0.25) is 19.3 Å². The lowest BCUT2D eigenvalue weighted by Crippen LogP contribution is -2.32. The number of hydrogen-bond donors (Lipinski definition) is 1. The summed E-state index contributed by atoms with van der Waals surface area (Å²) in [5.74, 6) is 0.315. The minimum absolute atomic E-state index is 0.147. The zero-order valence-corrected chi connectivity index (χ0v) is 21.9. The van der Waals surface area contributed by atoms with E-state index in [9.17, 15) is 14.4 Å². The molecule has 0 radical (unpaired) electrons. The van der Waals surface area contributed by atoms with Gasteiger partial charge >= 0.3 is 0 Å². The molecule has 3 aromatic carbocycles. The number of ether oxygens (including phenoxy) is 2. The molecule has 1 heterocycles. The molecule has 1 fully saturated rings. The van der Waals surface area contributed by atoms with Gasteiger partial charge in [-0.25, -0.2) is 0 Å². The maximum atomic E-state index is 12.8. The topological polar surface area (TPSA) is 84.9 Å². The van der Waals surface area contributed by atoms with Crippen molar-refractivity contribution in [1.82, 2.24) is 4.90 Å². The zero-order valence-electron chi connectivity index (χ0n) is 20.3. The minimum atomic E-state index is -0.383. The number of nitrogens with one attached hydrogen (secondary N) is 1. The molecule has 1 N–H and O–H groups in total. The monoisotopic (exact) mass is 536 g/mol. The molecule has 0 bridgehead atoms. The van der Waals surface area contributed by atoms with E-state index in [0.29, 0.717) is 27.7 Å². The molecule has 0 spiro atoms. The Labute approximate surface area is 224 Å². The van der Waals surface area contributed by atoms with Crippen LogP contribution in [0, 0.1) is 13.8 Å². The summed E-state index contributed by atoms with van der Waals surface area (Å²) in [7, 11) is 0. The molecule has 9 heteroatoms. The third-order valence-corrected chi connectivity index (χ3v) is 6.60. The summed E-state index contributed by atoms with van der Waals surface area (Å²) in [5, 5.41) is 2.70. The first-order valence-corrected chi connectivity index (χ1v) is 12.7. The van der Waals surface area contributed by atoms with Crippen LogP contribution in [0.25, 0.3) is 6.08 Å². The van der Waals surface area contributed by atoms with Gasteiger partial charge in [0.1, 0.15) is 18.1 Å². The van der Waals surface area contributed by atoms with E-state index in [1.165, 1.54) is 0 Å². The van der Waals surface area contributed by atoms with Gasteiger partial charge in [-0.15, -0.1) is 0 Å². The molecule has 0 saturated carbocycles. The molecule has 37 heavy (non-hydrogen) atoms. The number of imide groups is 1. The summed E-state index contributed by atoms with van der Waals surface area (Å²) in [4.78, 5) is 38.8. The van der Waals surface area contributed by atoms with E-state index in [4.69, 9.17) is 21.1 Å². The lowest BCUT2D eigenvalue weighted by molar-refractivity contribution is -0.123. The van der Waals surface area contributed by atoms with Gasteiger partial charge in [0.25, 0.3) is 17.1 Å². The van der Waals surface area contributed by atoms with Crippen LogP contribution in [0.5, 0.6) is 11.5 Å². The molecule has 0 atom stereocenters. The van der Waals surface area contributed by atoms with E-state index in [2.05, 4.69) is 5.32 Å². The van der Waals surface area contributed by atoms with Crippen LogP contribution in [0.3, 0.4) is 0 Å². The highest BCUT2D eigenvalue weighted by atomic mass is 35.5.